The summed E-state index contributed by atoms with van der Waals surface area (Å²) in [6.07, 6.45) is 1.67. The van der Waals surface area contributed by atoms with Crippen LogP contribution in [0.15, 0.2) is 82.6 Å². The van der Waals surface area contributed by atoms with Crippen molar-refractivity contribution in [2.45, 2.75) is 35.2 Å². The summed E-state index contributed by atoms with van der Waals surface area (Å²) in [6, 6.07) is 18.6. The van der Waals surface area contributed by atoms with Crippen molar-refractivity contribution in [3.05, 3.63) is 77.8 Å². The van der Waals surface area contributed by atoms with Crippen LogP contribution in [-0.4, -0.2) is 65.9 Å². The first kappa shape index (κ1) is 29.2. The molecule has 2 heterocycles. The molecule has 0 saturated carbocycles. The Kier molecular flexibility index (Phi) is 8.74. The monoisotopic (exact) mass is 619 g/mol. The highest BCUT2D eigenvalue weighted by Gasteiger charge is 2.37. The predicted molar refractivity (Wildman–Crippen MR) is 154 cm³/mol. The first-order chi connectivity index (χ1) is 19.7. The van der Waals surface area contributed by atoms with Gasteiger partial charge >= 0.3 is 0 Å². The lowest BCUT2D eigenvalue weighted by atomic mass is 10.2. The van der Waals surface area contributed by atoms with E-state index >= 15 is 0 Å². The molecule has 3 aromatic carbocycles. The fourth-order valence-corrected chi connectivity index (χ4v) is 7.84. The number of benzene rings is 3. The van der Waals surface area contributed by atoms with Gasteiger partial charge in [0.15, 0.2) is 6.10 Å². The number of ether oxygens (including phenoxy) is 2. The van der Waals surface area contributed by atoms with Crippen molar-refractivity contribution in [2.75, 3.05) is 37.1 Å². The number of sulfonamides is 2. The van der Waals surface area contributed by atoms with Gasteiger partial charge in [-0.05, 0) is 73.5 Å². The first-order valence-electron chi connectivity index (χ1n) is 13.2. The van der Waals surface area contributed by atoms with E-state index in [4.69, 9.17) is 21.1 Å². The predicted octanol–water partition coefficient (Wildman–Crippen LogP) is 3.67. The molecule has 1 unspecified atom stereocenters. The molecule has 13 heteroatoms. The lowest BCUT2D eigenvalue weighted by Crippen LogP contribution is -2.51. The molecule has 0 radical (unpaired) electrons. The third kappa shape index (κ3) is 6.45. The van der Waals surface area contributed by atoms with Gasteiger partial charge in [-0.2, -0.15) is 4.31 Å². The second kappa shape index (κ2) is 12.3. The Bertz CT molecular complexity index is 1590. The smallest absolute Gasteiger partial charge is 0.264 e. The van der Waals surface area contributed by atoms with Crippen LogP contribution < -0.4 is 19.1 Å². The summed E-state index contributed by atoms with van der Waals surface area (Å²) in [7, 11) is -7.53. The number of para-hydroxylation sites is 2. The minimum absolute atomic E-state index is 0.0425. The zero-order valence-corrected chi connectivity index (χ0v) is 24.5. The molecule has 1 atom stereocenters. The van der Waals surface area contributed by atoms with E-state index in [0.29, 0.717) is 29.5 Å². The molecule has 41 heavy (non-hydrogen) atoms. The van der Waals surface area contributed by atoms with E-state index in [1.165, 1.54) is 40.7 Å². The number of halogens is 1. The van der Waals surface area contributed by atoms with Crippen molar-refractivity contribution in [2.24, 2.45) is 0 Å². The summed E-state index contributed by atoms with van der Waals surface area (Å²) in [5, 5.41) is 3.13. The van der Waals surface area contributed by atoms with Gasteiger partial charge in [0.25, 0.3) is 15.9 Å². The van der Waals surface area contributed by atoms with Crippen molar-refractivity contribution in [3.8, 4) is 11.5 Å². The second-order valence-electron chi connectivity index (χ2n) is 9.64. The van der Waals surface area contributed by atoms with Gasteiger partial charge in [0.2, 0.25) is 10.0 Å². The normalized spacial score (nSPS) is 17.8. The van der Waals surface area contributed by atoms with Crippen LogP contribution in [0.2, 0.25) is 5.02 Å². The molecule has 2 aliphatic heterocycles. The van der Waals surface area contributed by atoms with E-state index in [1.807, 2.05) is 0 Å². The second-order valence-corrected chi connectivity index (χ2v) is 13.9. The molecule has 1 fully saturated rings. The molecule has 5 rings (SSSR count). The van der Waals surface area contributed by atoms with Crippen molar-refractivity contribution < 1.29 is 31.1 Å². The number of nitrogens with one attached hydrogen (secondary N) is 1. The summed E-state index contributed by atoms with van der Waals surface area (Å²) >= 11 is 5.93. The Hall–Kier alpha value is -3.32. The Balaban J connectivity index is 1.18. The van der Waals surface area contributed by atoms with Crippen molar-refractivity contribution in [3.63, 3.8) is 0 Å². The molecule has 2 aliphatic rings. The molecule has 10 nitrogen and oxygen atoms in total. The number of hydrogen-bond acceptors (Lipinski definition) is 7. The van der Waals surface area contributed by atoms with Crippen LogP contribution in [0.3, 0.4) is 0 Å². The SMILES string of the molecule is O=C(NCCOc1ccc(S(=O)(=O)N2CCCCC2)cc1)C1CN(S(=O)(=O)c2ccc(Cl)cc2)c2ccccc2O1. The summed E-state index contributed by atoms with van der Waals surface area (Å²) in [5.41, 5.74) is 0.334. The number of rotatable bonds is 9. The molecular weight excluding hydrogens is 590 g/mol. The Morgan fingerprint density at radius 1 is 0.878 bits per heavy atom. The molecule has 0 aliphatic carbocycles. The molecule has 1 saturated heterocycles. The molecule has 0 bridgehead atoms. The van der Waals surface area contributed by atoms with E-state index in [-0.39, 0.29) is 35.2 Å². The zero-order chi connectivity index (χ0) is 29.0. The third-order valence-corrected chi connectivity index (χ3v) is 10.8. The number of carbonyl (C=O) groups excluding carboxylic acids is 1. The van der Waals surface area contributed by atoms with E-state index < -0.39 is 32.1 Å². The molecule has 1 amide bonds. The van der Waals surface area contributed by atoms with Gasteiger partial charge in [0, 0.05) is 18.1 Å². The molecule has 1 N–H and O–H groups in total. The fourth-order valence-electron chi connectivity index (χ4n) is 4.72. The molecular formula is C28H30ClN3O7S2. The van der Waals surface area contributed by atoms with E-state index in [9.17, 15) is 21.6 Å². The highest BCUT2D eigenvalue weighted by Crippen LogP contribution is 2.37. The van der Waals surface area contributed by atoms with E-state index in [2.05, 4.69) is 5.32 Å². The summed E-state index contributed by atoms with van der Waals surface area (Å²) in [6.45, 7) is 1.07. The van der Waals surface area contributed by atoms with Gasteiger partial charge in [-0.3, -0.25) is 9.10 Å². The van der Waals surface area contributed by atoms with Gasteiger partial charge in [-0.15, -0.1) is 0 Å². The average molecular weight is 620 g/mol. The molecule has 218 valence electrons. The Labute approximate surface area is 244 Å². The maximum atomic E-state index is 13.5. The lowest BCUT2D eigenvalue weighted by Gasteiger charge is -2.34. The van der Waals surface area contributed by atoms with Crippen LogP contribution in [0.25, 0.3) is 0 Å². The van der Waals surface area contributed by atoms with Crippen molar-refractivity contribution in [1.29, 1.82) is 0 Å². The van der Waals surface area contributed by atoms with Crippen LogP contribution in [0.4, 0.5) is 5.69 Å². The number of fused-ring (bicyclic) bond motifs is 1. The van der Waals surface area contributed by atoms with Gasteiger partial charge in [0.05, 0.1) is 28.6 Å². The number of hydrogen-bond donors (Lipinski definition) is 1. The number of anilines is 1. The minimum atomic E-state index is -4.00. The summed E-state index contributed by atoms with van der Waals surface area (Å²) in [5.74, 6) is 0.231. The van der Waals surface area contributed by atoms with Crippen molar-refractivity contribution in [1.82, 2.24) is 9.62 Å². The standard InChI is InChI=1S/C28H30ClN3O7S2/c29-21-8-12-24(13-9-21)41(36,37)32-20-27(39-26-7-3-2-6-25(26)32)28(33)30-16-19-38-22-10-14-23(15-11-22)40(34,35)31-17-4-1-5-18-31/h2-3,6-15,27H,1,4-5,16-20H2,(H,30,33). The van der Waals surface area contributed by atoms with Crippen LogP contribution in [0, 0.1) is 0 Å². The maximum absolute atomic E-state index is 13.5. The first-order valence-corrected chi connectivity index (χ1v) is 16.5. The van der Waals surface area contributed by atoms with Gasteiger partial charge in [0.1, 0.15) is 18.1 Å². The summed E-state index contributed by atoms with van der Waals surface area (Å²) < 4.78 is 66.7. The minimum Gasteiger partial charge on any atom is -0.492 e. The maximum Gasteiger partial charge on any atom is 0.264 e. The number of nitrogens with zero attached hydrogens (tertiary/aromatic N) is 2. The van der Waals surface area contributed by atoms with E-state index in [0.717, 1.165) is 23.6 Å². The average Bonchev–Trinajstić information content (AvgIpc) is 2.99. The lowest BCUT2D eigenvalue weighted by molar-refractivity contribution is -0.127. The summed E-state index contributed by atoms with van der Waals surface area (Å²) in [4.78, 5) is 13.2. The van der Waals surface area contributed by atoms with Gasteiger partial charge in [-0.25, -0.2) is 16.8 Å². The molecule has 0 aromatic heterocycles. The fraction of sp³-hybridized carbons (Fsp3) is 0.321. The van der Waals surface area contributed by atoms with E-state index in [1.54, 1.807) is 36.4 Å². The quantitative estimate of drug-likeness (QED) is 0.363. The van der Waals surface area contributed by atoms with Gasteiger partial charge < -0.3 is 14.8 Å². The van der Waals surface area contributed by atoms with Crippen LogP contribution in [0.1, 0.15) is 19.3 Å². The van der Waals surface area contributed by atoms with Crippen LogP contribution >= 0.6 is 11.6 Å². The third-order valence-electron chi connectivity index (χ3n) is 6.88. The van der Waals surface area contributed by atoms with Gasteiger partial charge in [-0.1, -0.05) is 30.2 Å². The number of carbonyl (C=O) groups is 1. The number of amides is 1. The highest BCUT2D eigenvalue weighted by molar-refractivity contribution is 7.92. The zero-order valence-electron chi connectivity index (χ0n) is 22.1. The Morgan fingerprint density at radius 2 is 1.51 bits per heavy atom. The molecule has 0 spiro atoms. The van der Waals surface area contributed by atoms with Crippen LogP contribution in [0.5, 0.6) is 11.5 Å². The Morgan fingerprint density at radius 3 is 2.22 bits per heavy atom. The highest BCUT2D eigenvalue weighted by atomic mass is 35.5. The topological polar surface area (TPSA) is 122 Å². The van der Waals surface area contributed by atoms with Crippen LogP contribution in [-0.2, 0) is 24.8 Å². The van der Waals surface area contributed by atoms with Crippen molar-refractivity contribution >= 4 is 43.2 Å². The largest absolute Gasteiger partial charge is 0.492 e. The molecule has 3 aromatic rings. The number of piperidine rings is 1.